The Labute approximate surface area is 389 Å². The Morgan fingerprint density at radius 2 is 1.45 bits per heavy atom. The molecule has 2 saturated heterocycles. The van der Waals surface area contributed by atoms with Gasteiger partial charge in [-0.25, -0.2) is 4.79 Å². The molecule has 0 saturated carbocycles. The van der Waals surface area contributed by atoms with Gasteiger partial charge in [0.2, 0.25) is 0 Å². The number of aliphatic imine (C=N–C) groups is 1. The minimum absolute atomic E-state index is 0.0915. The fraction of sp³-hybridized carbons (Fsp3) is 0.346. The molecule has 0 unspecified atom stereocenters. The number of fused-ring (bicyclic) bond motifs is 4. The van der Waals surface area contributed by atoms with E-state index in [2.05, 4.69) is 98.8 Å². The highest BCUT2D eigenvalue weighted by atomic mass is 35.5. The minimum atomic E-state index is -0.907. The number of benzene rings is 4. The van der Waals surface area contributed by atoms with Crippen molar-refractivity contribution in [2.45, 2.75) is 65.8 Å². The molecule has 2 fully saturated rings. The summed E-state index contributed by atoms with van der Waals surface area (Å²) in [6.07, 6.45) is 4.87. The number of hydrogen-bond acceptors (Lipinski definition) is 8. The number of nitrogens with zero attached hydrogens (tertiary/aromatic N) is 7. The van der Waals surface area contributed by atoms with Crippen molar-refractivity contribution in [3.8, 4) is 5.00 Å². The number of aromatic nitrogens is 3. The predicted octanol–water partition coefficient (Wildman–Crippen LogP) is 11.5. The van der Waals surface area contributed by atoms with E-state index in [0.29, 0.717) is 21.5 Å². The number of thiophene rings is 1. The standard InChI is InChI=1S/C52H53Cl2N7O2S/c1-31-33(3)64-51-47(31)49(55-32(2)50-57-56-34(4)61(50)51)37-10-16-42(17-11-37)60-26-24-58(25-27-60)30-35-20-22-59(23-21-35)41-14-8-36(9-15-41)48-43-18-12-39(52(62)63)28-38(43)6-5-7-45(48)44-19-13-40(53)29-46(44)54/h8-19,28-29,32,35H,5-7,20-27,30H2,1-4H3,(H,62,63)/t32-/m0/s1. The van der Waals surface area contributed by atoms with Crippen LogP contribution >= 0.6 is 34.5 Å². The van der Waals surface area contributed by atoms with Gasteiger partial charge in [-0.15, -0.1) is 21.5 Å². The number of carbonyl (C=O) groups is 1. The van der Waals surface area contributed by atoms with Crippen molar-refractivity contribution in [3.63, 3.8) is 0 Å². The first-order chi connectivity index (χ1) is 31.0. The van der Waals surface area contributed by atoms with Gasteiger partial charge in [0, 0.05) is 83.2 Å². The molecule has 5 heterocycles. The molecular formula is C52H53Cl2N7O2S. The number of anilines is 2. The van der Waals surface area contributed by atoms with Crippen molar-refractivity contribution in [2.24, 2.45) is 10.9 Å². The number of aromatic carboxylic acids is 1. The summed E-state index contributed by atoms with van der Waals surface area (Å²) in [5.74, 6) is 1.58. The van der Waals surface area contributed by atoms with Crippen LogP contribution in [0.5, 0.6) is 0 Å². The van der Waals surface area contributed by atoms with Crippen molar-refractivity contribution in [2.75, 3.05) is 55.6 Å². The van der Waals surface area contributed by atoms with E-state index in [1.165, 1.54) is 45.2 Å². The molecular weight excluding hydrogens is 858 g/mol. The monoisotopic (exact) mass is 909 g/mol. The van der Waals surface area contributed by atoms with E-state index >= 15 is 0 Å². The van der Waals surface area contributed by atoms with E-state index in [-0.39, 0.29) is 6.04 Å². The normalized spacial score (nSPS) is 18.3. The average molecular weight is 911 g/mol. The van der Waals surface area contributed by atoms with E-state index in [4.69, 9.17) is 28.2 Å². The van der Waals surface area contributed by atoms with Crippen LogP contribution in [0.4, 0.5) is 11.4 Å². The molecule has 64 heavy (non-hydrogen) atoms. The van der Waals surface area contributed by atoms with Gasteiger partial charge in [-0.1, -0.05) is 59.6 Å². The summed E-state index contributed by atoms with van der Waals surface area (Å²) >= 11 is 15.0. The Balaban J connectivity index is 0.774. The molecule has 0 bridgehead atoms. The van der Waals surface area contributed by atoms with Crippen LogP contribution < -0.4 is 9.80 Å². The van der Waals surface area contributed by atoms with Crippen molar-refractivity contribution in [3.05, 3.63) is 156 Å². The van der Waals surface area contributed by atoms with Crippen molar-refractivity contribution < 1.29 is 9.90 Å². The summed E-state index contributed by atoms with van der Waals surface area (Å²) in [6.45, 7) is 16.0. The highest BCUT2D eigenvalue weighted by Gasteiger charge is 2.31. The topological polar surface area (TPSA) is 90.1 Å². The van der Waals surface area contributed by atoms with Crippen molar-refractivity contribution in [1.29, 1.82) is 0 Å². The van der Waals surface area contributed by atoms with Crippen LogP contribution in [0.15, 0.2) is 89.9 Å². The Morgan fingerprint density at radius 3 is 2.14 bits per heavy atom. The molecule has 12 heteroatoms. The van der Waals surface area contributed by atoms with Crippen LogP contribution in [0, 0.1) is 26.7 Å². The maximum Gasteiger partial charge on any atom is 0.335 e. The van der Waals surface area contributed by atoms with Crippen LogP contribution in [0.3, 0.4) is 0 Å². The first kappa shape index (κ1) is 42.7. The number of halogens is 2. The Bertz CT molecular complexity index is 2810. The van der Waals surface area contributed by atoms with E-state index < -0.39 is 5.97 Å². The lowest BCUT2D eigenvalue weighted by Gasteiger charge is -2.40. The molecule has 9 nitrogen and oxygen atoms in total. The molecule has 0 amide bonds. The maximum absolute atomic E-state index is 11.9. The largest absolute Gasteiger partial charge is 0.478 e. The van der Waals surface area contributed by atoms with E-state index in [9.17, 15) is 9.90 Å². The number of carboxylic acids is 1. The zero-order valence-corrected chi connectivity index (χ0v) is 39.2. The SMILES string of the molecule is Cc1sc2c(c1C)C(c1ccc(N3CCN(CC4CCN(c5ccc(C6=C(c7ccc(Cl)cc7Cl)CCCc7cc(C(=O)O)ccc76)cc5)CC4)CC3)cc1)=N[C@@H](C)c1nnc(C)n1-2. The van der Waals surface area contributed by atoms with Gasteiger partial charge in [0.05, 0.1) is 11.3 Å². The van der Waals surface area contributed by atoms with Crippen LogP contribution in [-0.4, -0.2) is 82.3 Å². The van der Waals surface area contributed by atoms with Gasteiger partial charge in [-0.05, 0) is 153 Å². The summed E-state index contributed by atoms with van der Waals surface area (Å²) in [4.78, 5) is 26.2. The number of aryl methyl sites for hydroxylation is 3. The third-order valence-electron chi connectivity index (χ3n) is 13.9. The van der Waals surface area contributed by atoms with Crippen LogP contribution in [0.1, 0.15) is 104 Å². The smallest absolute Gasteiger partial charge is 0.335 e. The predicted molar refractivity (Wildman–Crippen MR) is 263 cm³/mol. The van der Waals surface area contributed by atoms with Crippen LogP contribution in [0.25, 0.3) is 16.1 Å². The molecule has 2 aromatic heterocycles. The van der Waals surface area contributed by atoms with E-state index in [1.807, 2.05) is 31.2 Å². The Hall–Kier alpha value is -5.26. The zero-order chi connectivity index (χ0) is 44.2. The molecule has 1 N–H and O–H groups in total. The first-order valence-corrected chi connectivity index (χ1v) is 24.2. The number of piperazine rings is 1. The number of carboxylic acid groups (broad SMARTS) is 1. The highest BCUT2D eigenvalue weighted by Crippen LogP contribution is 2.43. The van der Waals surface area contributed by atoms with Gasteiger partial charge in [0.25, 0.3) is 0 Å². The lowest BCUT2D eigenvalue weighted by molar-refractivity contribution is 0.0696. The fourth-order valence-corrected chi connectivity index (χ4v) is 12.1. The van der Waals surface area contributed by atoms with Crippen LogP contribution in [-0.2, 0) is 6.42 Å². The lowest BCUT2D eigenvalue weighted by atomic mass is 9.87. The number of hydrogen-bond donors (Lipinski definition) is 1. The molecule has 1 aliphatic carbocycles. The molecule has 328 valence electrons. The molecule has 0 radical (unpaired) electrons. The van der Waals surface area contributed by atoms with Gasteiger partial charge in [-0.2, -0.15) is 0 Å². The Kier molecular flexibility index (Phi) is 11.7. The molecule has 4 aliphatic rings. The quantitative estimate of drug-likeness (QED) is 0.163. The first-order valence-electron chi connectivity index (χ1n) is 22.6. The fourth-order valence-electron chi connectivity index (χ4n) is 10.3. The second-order valence-corrected chi connectivity index (χ2v) is 19.9. The summed E-state index contributed by atoms with van der Waals surface area (Å²) in [7, 11) is 0. The lowest BCUT2D eigenvalue weighted by Crippen LogP contribution is -2.49. The van der Waals surface area contributed by atoms with Crippen molar-refractivity contribution >= 4 is 68.7 Å². The molecule has 1 atom stereocenters. The average Bonchev–Trinajstić information content (AvgIpc) is 3.71. The third kappa shape index (κ3) is 8.08. The van der Waals surface area contributed by atoms with Gasteiger partial charge in [-0.3, -0.25) is 14.5 Å². The number of piperidine rings is 1. The molecule has 4 aromatic carbocycles. The van der Waals surface area contributed by atoms with Crippen LogP contribution in [0.2, 0.25) is 10.0 Å². The maximum atomic E-state index is 11.9. The molecule has 10 rings (SSSR count). The summed E-state index contributed by atoms with van der Waals surface area (Å²) in [5.41, 5.74) is 14.0. The van der Waals surface area contributed by atoms with Gasteiger partial charge in [0.1, 0.15) is 16.9 Å². The van der Waals surface area contributed by atoms with Gasteiger partial charge in [0.15, 0.2) is 5.82 Å². The third-order valence-corrected chi connectivity index (χ3v) is 15.7. The number of allylic oxidation sites excluding steroid dienone is 1. The molecule has 6 aromatic rings. The summed E-state index contributed by atoms with van der Waals surface area (Å²) in [5, 5.41) is 21.1. The Morgan fingerprint density at radius 1 is 0.781 bits per heavy atom. The molecule has 3 aliphatic heterocycles. The van der Waals surface area contributed by atoms with Gasteiger partial charge >= 0.3 is 5.97 Å². The molecule has 0 spiro atoms. The summed E-state index contributed by atoms with van der Waals surface area (Å²) < 4.78 is 2.20. The van der Waals surface area contributed by atoms with Crippen molar-refractivity contribution in [1.82, 2.24) is 19.7 Å². The van der Waals surface area contributed by atoms with E-state index in [0.717, 1.165) is 121 Å². The minimum Gasteiger partial charge on any atom is -0.478 e. The number of rotatable bonds is 8. The second kappa shape index (κ2) is 17.6. The zero-order valence-electron chi connectivity index (χ0n) is 36.9. The second-order valence-electron chi connectivity index (χ2n) is 17.9. The van der Waals surface area contributed by atoms with Gasteiger partial charge < -0.3 is 14.9 Å². The highest BCUT2D eigenvalue weighted by molar-refractivity contribution is 7.15. The van der Waals surface area contributed by atoms with E-state index in [1.54, 1.807) is 23.5 Å². The summed E-state index contributed by atoms with van der Waals surface area (Å²) in [6, 6.07) is 29.2.